The number of amides is 2. The van der Waals surface area contributed by atoms with Crippen molar-refractivity contribution in [2.75, 3.05) is 5.32 Å². The van der Waals surface area contributed by atoms with Crippen molar-refractivity contribution in [3.63, 3.8) is 0 Å². The predicted molar refractivity (Wildman–Crippen MR) is 80.8 cm³/mol. The van der Waals surface area contributed by atoms with E-state index in [9.17, 15) is 9.59 Å². The SMILES string of the molecule is O=C(Cc1ccccc1)NCc1ccc2c(c1)CC(=O)N2. The third kappa shape index (κ3) is 3.28. The molecule has 0 unspecified atom stereocenters. The molecule has 0 radical (unpaired) electrons. The van der Waals surface area contributed by atoms with Crippen LogP contribution in [0.4, 0.5) is 5.69 Å². The number of nitrogens with one attached hydrogen (secondary N) is 2. The van der Waals surface area contributed by atoms with Crippen molar-refractivity contribution in [1.29, 1.82) is 0 Å². The number of anilines is 1. The predicted octanol–water partition coefficient (Wildman–Crippen LogP) is 2.04. The molecule has 4 nitrogen and oxygen atoms in total. The second-order valence-corrected chi connectivity index (χ2v) is 5.16. The zero-order valence-electron chi connectivity index (χ0n) is 11.6. The summed E-state index contributed by atoms with van der Waals surface area (Å²) in [6.07, 6.45) is 0.799. The Morgan fingerprint density at radius 2 is 1.90 bits per heavy atom. The number of hydrogen-bond donors (Lipinski definition) is 2. The van der Waals surface area contributed by atoms with E-state index in [0.717, 1.165) is 22.4 Å². The molecule has 1 aliphatic rings. The van der Waals surface area contributed by atoms with Gasteiger partial charge in [-0.1, -0.05) is 42.5 Å². The Balaban J connectivity index is 1.57. The Labute approximate surface area is 123 Å². The van der Waals surface area contributed by atoms with Crippen molar-refractivity contribution in [1.82, 2.24) is 5.32 Å². The zero-order chi connectivity index (χ0) is 14.7. The third-order valence-corrected chi connectivity index (χ3v) is 3.49. The molecule has 0 saturated heterocycles. The lowest BCUT2D eigenvalue weighted by molar-refractivity contribution is -0.120. The summed E-state index contributed by atoms with van der Waals surface area (Å²) in [5.74, 6) is 0.0196. The van der Waals surface area contributed by atoms with E-state index >= 15 is 0 Å². The van der Waals surface area contributed by atoms with Crippen LogP contribution in [0.5, 0.6) is 0 Å². The molecule has 0 aliphatic carbocycles. The summed E-state index contributed by atoms with van der Waals surface area (Å²) in [4.78, 5) is 23.2. The first-order valence-corrected chi connectivity index (χ1v) is 6.93. The normalized spacial score (nSPS) is 12.7. The second-order valence-electron chi connectivity index (χ2n) is 5.16. The van der Waals surface area contributed by atoms with E-state index in [1.54, 1.807) is 0 Å². The van der Waals surface area contributed by atoms with Crippen LogP contribution < -0.4 is 10.6 Å². The first kappa shape index (κ1) is 13.4. The van der Waals surface area contributed by atoms with Gasteiger partial charge >= 0.3 is 0 Å². The van der Waals surface area contributed by atoms with Gasteiger partial charge in [-0.05, 0) is 22.8 Å². The summed E-state index contributed by atoms with van der Waals surface area (Å²) >= 11 is 0. The smallest absolute Gasteiger partial charge is 0.228 e. The number of rotatable bonds is 4. The van der Waals surface area contributed by atoms with Gasteiger partial charge in [-0.2, -0.15) is 0 Å². The van der Waals surface area contributed by atoms with Gasteiger partial charge in [0.25, 0.3) is 0 Å². The summed E-state index contributed by atoms with van der Waals surface area (Å²) in [5.41, 5.74) is 3.87. The molecule has 106 valence electrons. The molecule has 1 heterocycles. The van der Waals surface area contributed by atoms with E-state index in [1.165, 1.54) is 0 Å². The summed E-state index contributed by atoms with van der Waals surface area (Å²) in [6, 6.07) is 15.4. The van der Waals surface area contributed by atoms with E-state index in [1.807, 2.05) is 48.5 Å². The van der Waals surface area contributed by atoms with Crippen molar-refractivity contribution >= 4 is 17.5 Å². The van der Waals surface area contributed by atoms with Gasteiger partial charge in [-0.25, -0.2) is 0 Å². The second kappa shape index (κ2) is 5.79. The van der Waals surface area contributed by atoms with Gasteiger partial charge in [-0.15, -0.1) is 0 Å². The minimum absolute atomic E-state index is 0.00380. The van der Waals surface area contributed by atoms with Crippen LogP contribution in [-0.2, 0) is 29.0 Å². The highest BCUT2D eigenvalue weighted by atomic mass is 16.2. The number of hydrogen-bond acceptors (Lipinski definition) is 2. The molecular weight excluding hydrogens is 264 g/mol. The molecular formula is C17H16N2O2. The maximum Gasteiger partial charge on any atom is 0.228 e. The Morgan fingerprint density at radius 1 is 1.10 bits per heavy atom. The number of carbonyl (C=O) groups excluding carboxylic acids is 2. The lowest BCUT2D eigenvalue weighted by Gasteiger charge is -2.07. The Kier molecular flexibility index (Phi) is 3.69. The molecule has 0 atom stereocenters. The maximum absolute atomic E-state index is 11.9. The summed E-state index contributed by atoms with van der Waals surface area (Å²) < 4.78 is 0. The molecule has 0 aromatic heterocycles. The van der Waals surface area contributed by atoms with Crippen LogP contribution in [-0.4, -0.2) is 11.8 Å². The Bertz CT molecular complexity index is 680. The van der Waals surface area contributed by atoms with Crippen molar-refractivity contribution in [3.05, 3.63) is 65.2 Å². The number of fused-ring (bicyclic) bond motifs is 1. The van der Waals surface area contributed by atoms with Gasteiger partial charge in [0.2, 0.25) is 11.8 Å². The van der Waals surface area contributed by atoms with E-state index in [0.29, 0.717) is 19.4 Å². The Morgan fingerprint density at radius 3 is 2.71 bits per heavy atom. The molecule has 0 bridgehead atoms. The molecule has 2 aromatic carbocycles. The van der Waals surface area contributed by atoms with Crippen LogP contribution in [0.15, 0.2) is 48.5 Å². The van der Waals surface area contributed by atoms with Crippen LogP contribution in [0.2, 0.25) is 0 Å². The van der Waals surface area contributed by atoms with Gasteiger partial charge < -0.3 is 10.6 Å². The molecule has 2 amide bonds. The molecule has 1 aliphatic heterocycles. The topological polar surface area (TPSA) is 58.2 Å². The molecule has 2 N–H and O–H groups in total. The molecule has 2 aromatic rings. The number of carbonyl (C=O) groups is 2. The standard InChI is InChI=1S/C17H16N2O2/c20-16(9-12-4-2-1-3-5-12)18-11-13-6-7-15-14(8-13)10-17(21)19-15/h1-8H,9-11H2,(H,18,20)(H,19,21). The van der Waals surface area contributed by atoms with E-state index in [2.05, 4.69) is 10.6 Å². The minimum Gasteiger partial charge on any atom is -0.352 e. The molecule has 21 heavy (non-hydrogen) atoms. The van der Waals surface area contributed by atoms with Gasteiger partial charge in [-0.3, -0.25) is 9.59 Å². The van der Waals surface area contributed by atoms with Crippen LogP contribution in [0, 0.1) is 0 Å². The summed E-state index contributed by atoms with van der Waals surface area (Å²) in [7, 11) is 0. The molecule has 0 spiro atoms. The highest BCUT2D eigenvalue weighted by Gasteiger charge is 2.17. The van der Waals surface area contributed by atoms with Crippen LogP contribution >= 0.6 is 0 Å². The van der Waals surface area contributed by atoms with Gasteiger partial charge in [0, 0.05) is 12.2 Å². The van der Waals surface area contributed by atoms with Gasteiger partial charge in [0.05, 0.1) is 12.8 Å². The first-order valence-electron chi connectivity index (χ1n) is 6.93. The van der Waals surface area contributed by atoms with Crippen LogP contribution in [0.1, 0.15) is 16.7 Å². The van der Waals surface area contributed by atoms with Gasteiger partial charge in [0.15, 0.2) is 0 Å². The lowest BCUT2D eigenvalue weighted by Crippen LogP contribution is -2.24. The fraction of sp³-hybridized carbons (Fsp3) is 0.176. The maximum atomic E-state index is 11.9. The largest absolute Gasteiger partial charge is 0.352 e. The number of benzene rings is 2. The average Bonchev–Trinajstić information content (AvgIpc) is 2.85. The zero-order valence-corrected chi connectivity index (χ0v) is 11.6. The van der Waals surface area contributed by atoms with E-state index in [-0.39, 0.29) is 11.8 Å². The summed E-state index contributed by atoms with van der Waals surface area (Å²) in [5, 5.41) is 5.70. The lowest BCUT2D eigenvalue weighted by atomic mass is 10.1. The van der Waals surface area contributed by atoms with E-state index in [4.69, 9.17) is 0 Å². The quantitative estimate of drug-likeness (QED) is 0.900. The molecule has 3 rings (SSSR count). The first-order chi connectivity index (χ1) is 10.2. The Hall–Kier alpha value is -2.62. The monoisotopic (exact) mass is 280 g/mol. The minimum atomic E-state index is -0.00380. The van der Waals surface area contributed by atoms with Crippen LogP contribution in [0.3, 0.4) is 0 Å². The molecule has 4 heteroatoms. The molecule has 0 fully saturated rings. The highest BCUT2D eigenvalue weighted by Crippen LogP contribution is 2.23. The van der Waals surface area contributed by atoms with Crippen molar-refractivity contribution in [2.45, 2.75) is 19.4 Å². The summed E-state index contributed by atoms with van der Waals surface area (Å²) in [6.45, 7) is 0.479. The fourth-order valence-electron chi connectivity index (χ4n) is 2.44. The van der Waals surface area contributed by atoms with Crippen molar-refractivity contribution in [3.8, 4) is 0 Å². The fourth-order valence-corrected chi connectivity index (χ4v) is 2.44. The van der Waals surface area contributed by atoms with E-state index < -0.39 is 0 Å². The molecule has 0 saturated carbocycles. The van der Waals surface area contributed by atoms with Crippen LogP contribution in [0.25, 0.3) is 0 Å². The third-order valence-electron chi connectivity index (χ3n) is 3.49. The van der Waals surface area contributed by atoms with Crippen molar-refractivity contribution in [2.24, 2.45) is 0 Å². The average molecular weight is 280 g/mol. The van der Waals surface area contributed by atoms with Crippen molar-refractivity contribution < 1.29 is 9.59 Å². The van der Waals surface area contributed by atoms with Gasteiger partial charge in [0.1, 0.15) is 0 Å². The highest BCUT2D eigenvalue weighted by molar-refractivity contribution is 5.99.